The molecule has 1 N–H and O–H groups in total. The van der Waals surface area contributed by atoms with Crippen LogP contribution in [-0.4, -0.2) is 79.7 Å². The Morgan fingerprint density at radius 2 is 1.55 bits per heavy atom. The lowest BCUT2D eigenvalue weighted by molar-refractivity contribution is 0.0203. The molecule has 0 aliphatic carbocycles. The van der Waals surface area contributed by atoms with Crippen LogP contribution in [0.5, 0.6) is 17.5 Å². The third-order valence-electron chi connectivity index (χ3n) is 9.76. The first-order valence-electron chi connectivity index (χ1n) is 19.1. The van der Waals surface area contributed by atoms with Crippen LogP contribution in [0.15, 0.2) is 66.9 Å². The number of fused-ring (bicyclic) bond motifs is 1. The molecule has 0 spiro atoms. The lowest BCUT2D eigenvalue weighted by Gasteiger charge is -2.33. The van der Waals surface area contributed by atoms with Crippen molar-refractivity contribution in [3.63, 3.8) is 0 Å². The van der Waals surface area contributed by atoms with E-state index in [4.69, 9.17) is 28.9 Å². The number of imidazole rings is 1. The predicted octanol–water partition coefficient (Wildman–Crippen LogP) is 7.65. The molecule has 4 heterocycles. The first-order chi connectivity index (χ1) is 26.8. The minimum Gasteiger partial charge on any atom is -0.497 e. The maximum atomic E-state index is 15.9. The quantitative estimate of drug-likeness (QED) is 0.112. The summed E-state index contributed by atoms with van der Waals surface area (Å²) < 4.78 is 39.9. The van der Waals surface area contributed by atoms with Gasteiger partial charge in [-0.15, -0.1) is 5.10 Å². The van der Waals surface area contributed by atoms with E-state index in [9.17, 15) is 9.90 Å². The fourth-order valence-corrected chi connectivity index (χ4v) is 6.80. The molecule has 13 nitrogen and oxygen atoms in total. The van der Waals surface area contributed by atoms with Gasteiger partial charge < -0.3 is 33.9 Å². The average Bonchev–Trinajstić information content (AvgIpc) is 3.61. The third kappa shape index (κ3) is 9.65. The van der Waals surface area contributed by atoms with Crippen LogP contribution in [-0.2, 0) is 17.8 Å². The Kier molecular flexibility index (Phi) is 12.6. The van der Waals surface area contributed by atoms with Gasteiger partial charge in [-0.2, -0.15) is 9.37 Å². The van der Waals surface area contributed by atoms with Crippen LogP contribution >= 0.6 is 0 Å². The fourth-order valence-electron chi connectivity index (χ4n) is 6.80. The standard InChI is InChI=1S/C42H52FN7O6/c1-8-9-27(2)55-40-46-39(49(25-28-10-14-31(53-6)15-11-28)26-29-12-16-32(54-7)17-13-29)38-44-24-35(50(38)47-40)36(51)33-18-19-34(45-37(33)43)30-20-22-48(23-21-30)41(52)56-42(3,4)5/h10-19,24,27,30,36,51H,8-9,20-23,25-26H2,1-7H3. The zero-order valence-electron chi connectivity index (χ0n) is 33.2. The molecule has 1 saturated heterocycles. The second-order valence-corrected chi connectivity index (χ2v) is 15.2. The van der Waals surface area contributed by atoms with E-state index in [2.05, 4.69) is 21.9 Å². The Morgan fingerprint density at radius 1 is 0.946 bits per heavy atom. The van der Waals surface area contributed by atoms with Gasteiger partial charge in [-0.3, -0.25) is 0 Å². The van der Waals surface area contributed by atoms with Crippen LogP contribution in [0.3, 0.4) is 0 Å². The highest BCUT2D eigenvalue weighted by molar-refractivity contribution is 5.68. The summed E-state index contributed by atoms with van der Waals surface area (Å²) in [6.07, 6.45) is 2.39. The summed E-state index contributed by atoms with van der Waals surface area (Å²) in [5, 5.41) is 16.5. The molecule has 1 amide bonds. The molecule has 0 bridgehead atoms. The van der Waals surface area contributed by atoms with Gasteiger partial charge >= 0.3 is 12.1 Å². The number of likely N-dealkylation sites (tertiary alicyclic amines) is 1. The maximum Gasteiger partial charge on any atom is 0.410 e. The Bertz CT molecular complexity index is 2030. The van der Waals surface area contributed by atoms with Crippen LogP contribution in [0.2, 0.25) is 0 Å². The number of amides is 1. The number of pyridine rings is 1. The number of nitrogens with zero attached hydrogens (tertiary/aromatic N) is 7. The predicted molar refractivity (Wildman–Crippen MR) is 210 cm³/mol. The van der Waals surface area contributed by atoms with E-state index in [0.717, 1.165) is 35.5 Å². The van der Waals surface area contributed by atoms with Gasteiger partial charge in [0.25, 0.3) is 0 Å². The molecule has 298 valence electrons. The molecule has 1 aliphatic heterocycles. The van der Waals surface area contributed by atoms with E-state index in [1.807, 2.05) is 76.2 Å². The van der Waals surface area contributed by atoms with Crippen molar-refractivity contribution in [1.29, 1.82) is 0 Å². The summed E-state index contributed by atoms with van der Waals surface area (Å²) in [5.74, 6) is 1.11. The largest absolute Gasteiger partial charge is 0.497 e. The molecule has 0 saturated carbocycles. The minimum absolute atomic E-state index is 0.0166. The first-order valence-corrected chi connectivity index (χ1v) is 19.1. The van der Waals surface area contributed by atoms with Gasteiger partial charge in [0.1, 0.15) is 23.2 Å². The van der Waals surface area contributed by atoms with Crippen molar-refractivity contribution in [2.45, 2.75) is 97.1 Å². The van der Waals surface area contributed by atoms with E-state index in [0.29, 0.717) is 56.2 Å². The molecule has 3 aromatic heterocycles. The second kappa shape index (κ2) is 17.5. The number of methoxy groups -OCH3 is 2. The van der Waals surface area contributed by atoms with Gasteiger partial charge in [0, 0.05) is 43.4 Å². The van der Waals surface area contributed by atoms with Gasteiger partial charge in [-0.25, -0.2) is 19.3 Å². The number of halogens is 1. The fraction of sp³-hybridized carbons (Fsp3) is 0.452. The summed E-state index contributed by atoms with van der Waals surface area (Å²) in [6, 6.07) is 19.0. The zero-order valence-corrected chi connectivity index (χ0v) is 33.2. The number of rotatable bonds is 14. The average molecular weight is 770 g/mol. The molecular weight excluding hydrogens is 718 g/mol. The molecule has 1 fully saturated rings. The summed E-state index contributed by atoms with van der Waals surface area (Å²) >= 11 is 0. The minimum atomic E-state index is -1.46. The Hall–Kier alpha value is -5.50. The van der Waals surface area contributed by atoms with Crippen molar-refractivity contribution in [3.8, 4) is 17.5 Å². The Labute approximate surface area is 327 Å². The highest BCUT2D eigenvalue weighted by Crippen LogP contribution is 2.33. The van der Waals surface area contributed by atoms with E-state index in [1.165, 1.54) is 10.7 Å². The van der Waals surface area contributed by atoms with Crippen LogP contribution in [0.1, 0.15) is 100 Å². The summed E-state index contributed by atoms with van der Waals surface area (Å²) in [4.78, 5) is 30.2. The summed E-state index contributed by atoms with van der Waals surface area (Å²) in [7, 11) is 3.26. The van der Waals surface area contributed by atoms with Crippen LogP contribution < -0.4 is 19.1 Å². The molecule has 56 heavy (non-hydrogen) atoms. The number of ether oxygens (including phenoxy) is 4. The number of benzene rings is 2. The van der Waals surface area contributed by atoms with Gasteiger partial charge in [-0.1, -0.05) is 37.6 Å². The molecule has 0 radical (unpaired) electrons. The van der Waals surface area contributed by atoms with Crippen LogP contribution in [0.4, 0.5) is 15.0 Å². The van der Waals surface area contributed by atoms with E-state index in [-0.39, 0.29) is 35.4 Å². The molecule has 2 unspecified atom stereocenters. The lowest BCUT2D eigenvalue weighted by Crippen LogP contribution is -2.41. The lowest BCUT2D eigenvalue weighted by atomic mass is 9.92. The molecule has 14 heteroatoms. The number of carbonyl (C=O) groups excluding carboxylic acids is 1. The molecule has 2 atom stereocenters. The highest BCUT2D eigenvalue weighted by atomic mass is 19.1. The van der Waals surface area contributed by atoms with Crippen molar-refractivity contribution in [2.75, 3.05) is 32.2 Å². The summed E-state index contributed by atoms with van der Waals surface area (Å²) in [5.41, 5.74) is 2.54. The van der Waals surface area contributed by atoms with Crippen molar-refractivity contribution < 1.29 is 33.2 Å². The van der Waals surface area contributed by atoms with Crippen LogP contribution in [0, 0.1) is 5.95 Å². The number of aliphatic hydroxyl groups excluding tert-OH is 1. The topological polar surface area (TPSA) is 137 Å². The van der Waals surface area contributed by atoms with Gasteiger partial charge in [0.15, 0.2) is 11.5 Å². The zero-order chi connectivity index (χ0) is 40.0. The highest BCUT2D eigenvalue weighted by Gasteiger charge is 2.30. The normalized spacial score (nSPS) is 14.7. The molecule has 2 aromatic carbocycles. The molecule has 6 rings (SSSR count). The van der Waals surface area contributed by atoms with Crippen LogP contribution in [0.25, 0.3) is 5.65 Å². The summed E-state index contributed by atoms with van der Waals surface area (Å²) in [6.45, 7) is 11.4. The number of hydrogen-bond acceptors (Lipinski definition) is 11. The number of carbonyl (C=O) groups is 1. The van der Waals surface area contributed by atoms with E-state index >= 15 is 4.39 Å². The Balaban J connectivity index is 1.33. The number of aliphatic hydroxyl groups is 1. The van der Waals surface area contributed by atoms with Gasteiger partial charge in [0.05, 0.1) is 32.2 Å². The Morgan fingerprint density at radius 3 is 2.09 bits per heavy atom. The number of hydrogen-bond donors (Lipinski definition) is 1. The van der Waals surface area contributed by atoms with E-state index in [1.54, 1.807) is 31.3 Å². The third-order valence-corrected chi connectivity index (χ3v) is 9.76. The number of anilines is 1. The number of piperidine rings is 1. The van der Waals surface area contributed by atoms with Crippen molar-refractivity contribution in [2.24, 2.45) is 0 Å². The monoisotopic (exact) mass is 769 g/mol. The molecule has 1 aliphatic rings. The van der Waals surface area contributed by atoms with Crippen molar-refractivity contribution in [1.82, 2.24) is 29.5 Å². The van der Waals surface area contributed by atoms with E-state index < -0.39 is 17.7 Å². The maximum absolute atomic E-state index is 15.9. The molecular formula is C42H52FN7O6. The van der Waals surface area contributed by atoms with Gasteiger partial charge in [0.2, 0.25) is 5.95 Å². The van der Waals surface area contributed by atoms with Crippen molar-refractivity contribution in [3.05, 3.63) is 101 Å². The SMILES string of the molecule is CCCC(C)Oc1nc(N(Cc2ccc(OC)cc2)Cc2ccc(OC)cc2)c2ncc(C(O)c3ccc(C4CCN(C(=O)OC(C)(C)C)CC4)nc3F)n2n1. The number of aromatic nitrogens is 5. The molecule has 5 aromatic rings. The first kappa shape index (κ1) is 40.2. The second-order valence-electron chi connectivity index (χ2n) is 15.2. The van der Waals surface area contributed by atoms with Gasteiger partial charge in [-0.05, 0) is 94.5 Å². The van der Waals surface area contributed by atoms with Crippen molar-refractivity contribution >= 4 is 17.6 Å². The smallest absolute Gasteiger partial charge is 0.410 e.